The Hall–Kier alpha value is -1.83. The van der Waals surface area contributed by atoms with Crippen LogP contribution >= 0.6 is 22.9 Å². The number of hydrogen-bond donors (Lipinski definition) is 2. The van der Waals surface area contributed by atoms with Crippen LogP contribution in [0.15, 0.2) is 17.5 Å². The number of nitrogens with two attached hydrogens (primary N) is 1. The van der Waals surface area contributed by atoms with Crippen molar-refractivity contribution < 1.29 is 14.3 Å². The van der Waals surface area contributed by atoms with E-state index in [0.717, 1.165) is 10.6 Å². The number of carbonyl (C=O) groups excluding carboxylic acids is 1. The number of amides is 1. The molecule has 2 rings (SSSR count). The maximum absolute atomic E-state index is 12.1. The van der Waals surface area contributed by atoms with Crippen molar-refractivity contribution in [1.82, 2.24) is 10.3 Å². The molecule has 0 spiro atoms. The van der Waals surface area contributed by atoms with Crippen LogP contribution in [-0.2, 0) is 13.1 Å². The fraction of sp³-hybridized carbons (Fsp3) is 0.333. The number of methoxy groups -OCH3 is 1. The lowest BCUT2D eigenvalue weighted by molar-refractivity contribution is 0.0946. The van der Waals surface area contributed by atoms with Gasteiger partial charge in [0.05, 0.1) is 18.7 Å². The largest absolute Gasteiger partial charge is 0.493 e. The highest BCUT2D eigenvalue weighted by Gasteiger charge is 2.14. The Bertz CT molecular complexity index is 691. The third-order valence-electron chi connectivity index (χ3n) is 2.99. The van der Waals surface area contributed by atoms with Crippen LogP contribution < -0.4 is 20.5 Å². The van der Waals surface area contributed by atoms with Gasteiger partial charge in [0, 0.05) is 18.5 Å². The Kier molecular flexibility index (Phi) is 6.20. The molecule has 1 aromatic carbocycles. The summed E-state index contributed by atoms with van der Waals surface area (Å²) in [4.78, 5) is 16.2. The number of nitrogens with one attached hydrogen (secondary N) is 1. The standard InChI is InChI=1S/C15H18ClN3O3S/c1-3-22-14-10(16)4-9(5-12(14)21-2)7-18-15(20)11-8-23-13(6-17)19-11/h4-5,8H,3,6-7,17H2,1-2H3,(H,18,20). The van der Waals surface area contributed by atoms with Crippen LogP contribution in [0.4, 0.5) is 0 Å². The number of benzene rings is 1. The van der Waals surface area contributed by atoms with Crippen LogP contribution in [0.3, 0.4) is 0 Å². The molecule has 1 aromatic heterocycles. The number of carbonyl (C=O) groups is 1. The zero-order valence-corrected chi connectivity index (χ0v) is 14.5. The van der Waals surface area contributed by atoms with Gasteiger partial charge in [0.15, 0.2) is 11.5 Å². The normalized spacial score (nSPS) is 10.4. The molecule has 0 saturated heterocycles. The van der Waals surface area contributed by atoms with Gasteiger partial charge in [-0.05, 0) is 24.6 Å². The van der Waals surface area contributed by atoms with Crippen LogP contribution in [0.25, 0.3) is 0 Å². The van der Waals surface area contributed by atoms with Gasteiger partial charge in [-0.3, -0.25) is 4.79 Å². The van der Waals surface area contributed by atoms with Crippen molar-refractivity contribution in [3.63, 3.8) is 0 Å². The van der Waals surface area contributed by atoms with Crippen LogP contribution in [0.1, 0.15) is 28.0 Å². The summed E-state index contributed by atoms with van der Waals surface area (Å²) >= 11 is 7.57. The molecule has 8 heteroatoms. The Morgan fingerprint density at radius 1 is 1.48 bits per heavy atom. The summed E-state index contributed by atoms with van der Waals surface area (Å²) < 4.78 is 10.7. The van der Waals surface area contributed by atoms with Crippen molar-refractivity contribution >= 4 is 28.8 Å². The van der Waals surface area contributed by atoms with Gasteiger partial charge in [-0.15, -0.1) is 11.3 Å². The number of halogens is 1. The number of hydrogen-bond acceptors (Lipinski definition) is 6. The molecule has 0 fully saturated rings. The number of nitrogens with zero attached hydrogens (tertiary/aromatic N) is 1. The zero-order chi connectivity index (χ0) is 16.8. The number of ether oxygens (including phenoxy) is 2. The summed E-state index contributed by atoms with van der Waals surface area (Å²) in [7, 11) is 1.54. The van der Waals surface area contributed by atoms with E-state index < -0.39 is 0 Å². The first-order valence-corrected chi connectivity index (χ1v) is 8.26. The molecule has 0 saturated carbocycles. The zero-order valence-electron chi connectivity index (χ0n) is 12.9. The molecule has 0 unspecified atom stereocenters. The fourth-order valence-corrected chi connectivity index (χ4v) is 2.88. The quantitative estimate of drug-likeness (QED) is 0.797. The molecular weight excluding hydrogens is 338 g/mol. The Labute approximate surface area is 143 Å². The van der Waals surface area contributed by atoms with E-state index in [0.29, 0.717) is 41.9 Å². The molecule has 0 aliphatic carbocycles. The fourth-order valence-electron chi connectivity index (χ4n) is 1.94. The van der Waals surface area contributed by atoms with Gasteiger partial charge in [0.2, 0.25) is 0 Å². The highest BCUT2D eigenvalue weighted by Crippen LogP contribution is 2.36. The van der Waals surface area contributed by atoms with Gasteiger partial charge in [-0.25, -0.2) is 4.98 Å². The lowest BCUT2D eigenvalue weighted by atomic mass is 10.2. The SMILES string of the molecule is CCOc1c(Cl)cc(CNC(=O)c2csc(CN)n2)cc1OC. The topological polar surface area (TPSA) is 86.5 Å². The first-order chi connectivity index (χ1) is 11.1. The Balaban J connectivity index is 2.08. The molecule has 0 bridgehead atoms. The van der Waals surface area contributed by atoms with Gasteiger partial charge in [0.1, 0.15) is 10.7 Å². The van der Waals surface area contributed by atoms with Gasteiger partial charge in [0.25, 0.3) is 5.91 Å². The first-order valence-electron chi connectivity index (χ1n) is 7.00. The summed E-state index contributed by atoms with van der Waals surface area (Å²) in [6, 6.07) is 3.52. The number of rotatable bonds is 7. The van der Waals surface area contributed by atoms with Crippen molar-refractivity contribution in [2.45, 2.75) is 20.0 Å². The van der Waals surface area contributed by atoms with E-state index in [2.05, 4.69) is 10.3 Å². The van der Waals surface area contributed by atoms with Gasteiger partial charge >= 0.3 is 0 Å². The molecule has 23 heavy (non-hydrogen) atoms. The average molecular weight is 356 g/mol. The maximum atomic E-state index is 12.1. The summed E-state index contributed by atoms with van der Waals surface area (Å²) in [5, 5.41) is 5.64. The van der Waals surface area contributed by atoms with E-state index >= 15 is 0 Å². The minimum atomic E-state index is -0.259. The van der Waals surface area contributed by atoms with E-state index in [1.54, 1.807) is 24.6 Å². The van der Waals surface area contributed by atoms with Gasteiger partial charge in [-0.2, -0.15) is 0 Å². The molecule has 124 valence electrons. The lowest BCUT2D eigenvalue weighted by Crippen LogP contribution is -2.23. The van der Waals surface area contributed by atoms with Gasteiger partial charge < -0.3 is 20.5 Å². The van der Waals surface area contributed by atoms with Crippen molar-refractivity contribution in [3.05, 3.63) is 38.8 Å². The van der Waals surface area contributed by atoms with Crippen molar-refractivity contribution in [2.75, 3.05) is 13.7 Å². The highest BCUT2D eigenvalue weighted by atomic mass is 35.5. The van der Waals surface area contributed by atoms with Crippen LogP contribution in [0, 0.1) is 0 Å². The Morgan fingerprint density at radius 2 is 2.26 bits per heavy atom. The van der Waals surface area contributed by atoms with Crippen molar-refractivity contribution in [1.29, 1.82) is 0 Å². The number of aromatic nitrogens is 1. The molecule has 1 amide bonds. The second-order valence-electron chi connectivity index (χ2n) is 4.56. The molecule has 0 atom stereocenters. The molecule has 1 heterocycles. The summed E-state index contributed by atoms with van der Waals surface area (Å²) in [5.41, 5.74) is 6.66. The molecule has 3 N–H and O–H groups in total. The highest BCUT2D eigenvalue weighted by molar-refractivity contribution is 7.09. The average Bonchev–Trinajstić information content (AvgIpc) is 3.04. The number of thiazole rings is 1. The van der Waals surface area contributed by atoms with E-state index in [-0.39, 0.29) is 5.91 Å². The predicted molar refractivity (Wildman–Crippen MR) is 90.3 cm³/mol. The van der Waals surface area contributed by atoms with Gasteiger partial charge in [-0.1, -0.05) is 11.6 Å². The molecule has 6 nitrogen and oxygen atoms in total. The molecule has 2 aromatic rings. The Morgan fingerprint density at radius 3 is 2.87 bits per heavy atom. The molecule has 0 aliphatic heterocycles. The first kappa shape index (κ1) is 17.5. The van der Waals surface area contributed by atoms with Crippen LogP contribution in [-0.4, -0.2) is 24.6 Å². The van der Waals surface area contributed by atoms with Crippen molar-refractivity contribution in [3.8, 4) is 11.5 Å². The predicted octanol–water partition coefficient (Wildman–Crippen LogP) is 2.59. The maximum Gasteiger partial charge on any atom is 0.271 e. The third-order valence-corrected chi connectivity index (χ3v) is 4.14. The van der Waals surface area contributed by atoms with E-state index in [1.807, 2.05) is 6.92 Å². The van der Waals surface area contributed by atoms with E-state index in [1.165, 1.54) is 11.3 Å². The lowest BCUT2D eigenvalue weighted by Gasteiger charge is -2.13. The van der Waals surface area contributed by atoms with Crippen molar-refractivity contribution in [2.24, 2.45) is 5.73 Å². The minimum absolute atomic E-state index is 0.259. The molecule has 0 aliphatic rings. The van der Waals surface area contributed by atoms with E-state index in [9.17, 15) is 4.79 Å². The minimum Gasteiger partial charge on any atom is -0.493 e. The summed E-state index contributed by atoms with van der Waals surface area (Å²) in [5.74, 6) is 0.770. The summed E-state index contributed by atoms with van der Waals surface area (Å²) in [6.07, 6.45) is 0. The molecule has 0 radical (unpaired) electrons. The monoisotopic (exact) mass is 355 g/mol. The second kappa shape index (κ2) is 8.14. The third kappa shape index (κ3) is 4.34. The second-order valence-corrected chi connectivity index (χ2v) is 5.91. The molecular formula is C15H18ClN3O3S. The van der Waals surface area contributed by atoms with Crippen LogP contribution in [0.5, 0.6) is 11.5 Å². The smallest absolute Gasteiger partial charge is 0.271 e. The summed E-state index contributed by atoms with van der Waals surface area (Å²) in [6.45, 7) is 2.98. The van der Waals surface area contributed by atoms with E-state index in [4.69, 9.17) is 26.8 Å². The van der Waals surface area contributed by atoms with Crippen LogP contribution in [0.2, 0.25) is 5.02 Å².